The summed E-state index contributed by atoms with van der Waals surface area (Å²) in [6, 6.07) is 1.88. The standard InChI is InChI=1S/C11H18N4O2/c1-2-12-10-5-11(14-8-13-10)15-3-4-17-7-9(15)6-16/h5,8-9,16H,2-4,6-7H2,1H3,(H,12,13,14). The Labute approximate surface area is 101 Å². The van der Waals surface area contributed by atoms with Gasteiger partial charge in [-0.1, -0.05) is 0 Å². The molecule has 0 aliphatic carbocycles. The van der Waals surface area contributed by atoms with E-state index in [1.165, 1.54) is 6.33 Å². The first-order chi connectivity index (χ1) is 8.35. The Balaban J connectivity index is 2.16. The molecule has 1 unspecified atom stereocenters. The van der Waals surface area contributed by atoms with Gasteiger partial charge in [-0.15, -0.1) is 0 Å². The molecule has 94 valence electrons. The number of hydrogen-bond acceptors (Lipinski definition) is 6. The minimum atomic E-state index is -0.0203. The Hall–Kier alpha value is -1.40. The van der Waals surface area contributed by atoms with Crippen molar-refractivity contribution in [1.29, 1.82) is 0 Å². The van der Waals surface area contributed by atoms with E-state index in [-0.39, 0.29) is 12.6 Å². The molecule has 0 saturated carbocycles. The highest BCUT2D eigenvalue weighted by atomic mass is 16.5. The highest BCUT2D eigenvalue weighted by Gasteiger charge is 2.23. The van der Waals surface area contributed by atoms with E-state index in [1.807, 2.05) is 13.0 Å². The normalized spacial score (nSPS) is 20.4. The number of aromatic nitrogens is 2. The summed E-state index contributed by atoms with van der Waals surface area (Å²) in [7, 11) is 0. The fourth-order valence-electron chi connectivity index (χ4n) is 1.89. The van der Waals surface area contributed by atoms with Gasteiger partial charge in [-0.3, -0.25) is 0 Å². The molecule has 2 N–H and O–H groups in total. The fraction of sp³-hybridized carbons (Fsp3) is 0.636. The van der Waals surface area contributed by atoms with Gasteiger partial charge in [0.05, 0.1) is 25.9 Å². The second kappa shape index (κ2) is 5.79. The zero-order valence-electron chi connectivity index (χ0n) is 9.96. The predicted octanol–water partition coefficient (Wildman–Crippen LogP) is 0.106. The zero-order valence-corrected chi connectivity index (χ0v) is 9.96. The smallest absolute Gasteiger partial charge is 0.134 e. The Morgan fingerprint density at radius 1 is 1.59 bits per heavy atom. The van der Waals surface area contributed by atoms with Gasteiger partial charge in [-0.2, -0.15) is 0 Å². The first kappa shape index (κ1) is 12.1. The first-order valence-electron chi connectivity index (χ1n) is 5.86. The third-order valence-corrected chi connectivity index (χ3v) is 2.74. The summed E-state index contributed by atoms with van der Waals surface area (Å²) < 4.78 is 5.34. The monoisotopic (exact) mass is 238 g/mol. The van der Waals surface area contributed by atoms with Crippen molar-refractivity contribution in [3.63, 3.8) is 0 Å². The second-order valence-electron chi connectivity index (χ2n) is 3.90. The van der Waals surface area contributed by atoms with E-state index < -0.39 is 0 Å². The summed E-state index contributed by atoms with van der Waals surface area (Å²) in [5.41, 5.74) is 0. The molecular formula is C11H18N4O2. The highest BCUT2D eigenvalue weighted by molar-refractivity contribution is 5.49. The second-order valence-corrected chi connectivity index (χ2v) is 3.90. The van der Waals surface area contributed by atoms with E-state index in [2.05, 4.69) is 20.2 Å². The molecule has 0 amide bonds. The van der Waals surface area contributed by atoms with Gasteiger partial charge >= 0.3 is 0 Å². The fourth-order valence-corrected chi connectivity index (χ4v) is 1.89. The van der Waals surface area contributed by atoms with Gasteiger partial charge < -0.3 is 20.1 Å². The van der Waals surface area contributed by atoms with Crippen LogP contribution < -0.4 is 10.2 Å². The van der Waals surface area contributed by atoms with Crippen LogP contribution in [0.2, 0.25) is 0 Å². The van der Waals surface area contributed by atoms with Crippen LogP contribution in [0.5, 0.6) is 0 Å². The van der Waals surface area contributed by atoms with Gasteiger partial charge in [0, 0.05) is 19.2 Å². The van der Waals surface area contributed by atoms with E-state index in [1.54, 1.807) is 0 Å². The highest BCUT2D eigenvalue weighted by Crippen LogP contribution is 2.18. The van der Waals surface area contributed by atoms with Crippen LogP contribution in [0.3, 0.4) is 0 Å². The number of morpholine rings is 1. The number of nitrogens with one attached hydrogen (secondary N) is 1. The molecule has 1 aromatic heterocycles. The molecule has 17 heavy (non-hydrogen) atoms. The van der Waals surface area contributed by atoms with Crippen molar-refractivity contribution < 1.29 is 9.84 Å². The molecular weight excluding hydrogens is 220 g/mol. The minimum Gasteiger partial charge on any atom is -0.394 e. The molecule has 1 aliphatic rings. The summed E-state index contributed by atoms with van der Waals surface area (Å²) in [6.07, 6.45) is 1.54. The Bertz CT molecular complexity index is 361. The van der Waals surface area contributed by atoms with Crippen LogP contribution in [-0.4, -0.2) is 54.0 Å². The molecule has 6 nitrogen and oxygen atoms in total. The molecule has 0 spiro atoms. The lowest BCUT2D eigenvalue weighted by atomic mass is 10.2. The first-order valence-corrected chi connectivity index (χ1v) is 5.86. The summed E-state index contributed by atoms with van der Waals surface area (Å²) in [6.45, 7) is 4.86. The van der Waals surface area contributed by atoms with Gasteiger partial charge in [0.2, 0.25) is 0 Å². The molecule has 1 saturated heterocycles. The summed E-state index contributed by atoms with van der Waals surface area (Å²) in [5, 5.41) is 12.5. The zero-order chi connectivity index (χ0) is 12.1. The van der Waals surface area contributed by atoms with E-state index in [0.717, 1.165) is 24.7 Å². The number of nitrogens with zero attached hydrogens (tertiary/aromatic N) is 3. The molecule has 1 aliphatic heterocycles. The van der Waals surface area contributed by atoms with E-state index in [9.17, 15) is 5.11 Å². The maximum absolute atomic E-state index is 9.31. The molecule has 0 bridgehead atoms. The number of ether oxygens (including phenoxy) is 1. The number of aliphatic hydroxyl groups excluding tert-OH is 1. The molecule has 2 heterocycles. The van der Waals surface area contributed by atoms with Gasteiger partial charge in [0.15, 0.2) is 0 Å². The topological polar surface area (TPSA) is 70.5 Å². The van der Waals surface area contributed by atoms with E-state index in [4.69, 9.17) is 4.74 Å². The third-order valence-electron chi connectivity index (χ3n) is 2.74. The van der Waals surface area contributed by atoms with Gasteiger partial charge in [0.1, 0.15) is 18.0 Å². The summed E-state index contributed by atoms with van der Waals surface area (Å²) in [5.74, 6) is 1.64. The van der Waals surface area contributed by atoms with Crippen molar-refractivity contribution in [3.05, 3.63) is 12.4 Å². The number of aliphatic hydroxyl groups is 1. The molecule has 0 radical (unpaired) electrons. The van der Waals surface area contributed by atoms with E-state index in [0.29, 0.717) is 13.2 Å². The van der Waals surface area contributed by atoms with Crippen LogP contribution in [-0.2, 0) is 4.74 Å². The largest absolute Gasteiger partial charge is 0.394 e. The van der Waals surface area contributed by atoms with Crippen LogP contribution in [0.1, 0.15) is 6.92 Å². The SMILES string of the molecule is CCNc1cc(N2CCOCC2CO)ncn1. The van der Waals surface area contributed by atoms with E-state index >= 15 is 0 Å². The van der Waals surface area contributed by atoms with Crippen LogP contribution in [0.4, 0.5) is 11.6 Å². The van der Waals surface area contributed by atoms with Gasteiger partial charge in [0.25, 0.3) is 0 Å². The minimum absolute atomic E-state index is 0.0203. The van der Waals surface area contributed by atoms with Crippen molar-refractivity contribution in [2.45, 2.75) is 13.0 Å². The average Bonchev–Trinajstić information content (AvgIpc) is 2.39. The maximum Gasteiger partial charge on any atom is 0.134 e. The summed E-state index contributed by atoms with van der Waals surface area (Å²) in [4.78, 5) is 10.4. The predicted molar refractivity (Wildman–Crippen MR) is 65.2 cm³/mol. The molecule has 6 heteroatoms. The van der Waals surface area contributed by atoms with Crippen LogP contribution in [0.15, 0.2) is 12.4 Å². The van der Waals surface area contributed by atoms with Crippen LogP contribution in [0, 0.1) is 0 Å². The molecule has 0 aromatic carbocycles. The van der Waals surface area contributed by atoms with Crippen molar-refractivity contribution in [2.75, 3.05) is 43.1 Å². The Kier molecular flexibility index (Phi) is 4.11. The third kappa shape index (κ3) is 2.83. The molecule has 2 rings (SSSR count). The lowest BCUT2D eigenvalue weighted by Crippen LogP contribution is -2.48. The van der Waals surface area contributed by atoms with Gasteiger partial charge in [-0.25, -0.2) is 9.97 Å². The van der Waals surface area contributed by atoms with Gasteiger partial charge in [-0.05, 0) is 6.92 Å². The number of hydrogen-bond donors (Lipinski definition) is 2. The van der Waals surface area contributed by atoms with Crippen molar-refractivity contribution in [3.8, 4) is 0 Å². The lowest BCUT2D eigenvalue weighted by Gasteiger charge is -2.35. The van der Waals surface area contributed by atoms with Crippen molar-refractivity contribution >= 4 is 11.6 Å². The average molecular weight is 238 g/mol. The number of rotatable bonds is 4. The van der Waals surface area contributed by atoms with Crippen molar-refractivity contribution in [2.24, 2.45) is 0 Å². The quantitative estimate of drug-likeness (QED) is 0.775. The molecule has 1 aromatic rings. The van der Waals surface area contributed by atoms with Crippen LogP contribution >= 0.6 is 0 Å². The lowest BCUT2D eigenvalue weighted by molar-refractivity contribution is 0.0723. The Morgan fingerprint density at radius 3 is 3.24 bits per heavy atom. The maximum atomic E-state index is 9.31. The Morgan fingerprint density at radius 2 is 2.47 bits per heavy atom. The number of anilines is 2. The molecule has 1 fully saturated rings. The van der Waals surface area contributed by atoms with Crippen molar-refractivity contribution in [1.82, 2.24) is 9.97 Å². The summed E-state index contributed by atoms with van der Waals surface area (Å²) >= 11 is 0. The molecule has 1 atom stereocenters. The van der Waals surface area contributed by atoms with Crippen LogP contribution in [0.25, 0.3) is 0 Å².